The molecule has 1 fully saturated rings. The molecule has 2 unspecified atom stereocenters. The minimum Gasteiger partial charge on any atom is -0.481 e. The fraction of sp³-hybridized carbons (Fsp3) is 0.714. The lowest BCUT2D eigenvalue weighted by Crippen LogP contribution is -2.53. The number of nitrogens with one attached hydrogen (secondary N) is 1. The van der Waals surface area contributed by atoms with E-state index in [0.29, 0.717) is 25.8 Å². The van der Waals surface area contributed by atoms with Crippen LogP contribution in [-0.2, 0) is 4.79 Å². The van der Waals surface area contributed by atoms with Gasteiger partial charge in [-0.1, -0.05) is 6.92 Å². The van der Waals surface area contributed by atoms with Gasteiger partial charge in [-0.3, -0.25) is 4.79 Å². The van der Waals surface area contributed by atoms with Gasteiger partial charge >= 0.3 is 12.0 Å². The zero-order valence-corrected chi connectivity index (χ0v) is 11.6. The van der Waals surface area contributed by atoms with Gasteiger partial charge < -0.3 is 15.3 Å². The van der Waals surface area contributed by atoms with Gasteiger partial charge in [0, 0.05) is 25.6 Å². The Morgan fingerprint density at radius 1 is 1.58 bits per heavy atom. The van der Waals surface area contributed by atoms with Crippen molar-refractivity contribution in [2.24, 2.45) is 5.41 Å². The molecule has 1 saturated heterocycles. The van der Waals surface area contributed by atoms with Crippen LogP contribution in [0.5, 0.6) is 0 Å². The molecule has 0 aromatic rings. The highest BCUT2D eigenvalue weighted by Crippen LogP contribution is 2.29. The molecule has 0 radical (unpaired) electrons. The molecule has 0 saturated carbocycles. The lowest BCUT2D eigenvalue weighted by atomic mass is 9.82. The zero-order chi connectivity index (χ0) is 14.5. The van der Waals surface area contributed by atoms with Gasteiger partial charge in [0.2, 0.25) is 0 Å². The number of rotatable bonds is 4. The first-order valence-electron chi connectivity index (χ1n) is 6.65. The van der Waals surface area contributed by atoms with E-state index in [4.69, 9.17) is 6.42 Å². The van der Waals surface area contributed by atoms with E-state index in [9.17, 15) is 14.7 Å². The number of nitrogens with zero attached hydrogens (tertiary/aromatic N) is 1. The van der Waals surface area contributed by atoms with Gasteiger partial charge in [-0.25, -0.2) is 4.79 Å². The summed E-state index contributed by atoms with van der Waals surface area (Å²) in [6.07, 6.45) is 7.82. The van der Waals surface area contributed by atoms with Crippen LogP contribution < -0.4 is 5.32 Å². The average molecular weight is 266 g/mol. The Labute approximate surface area is 114 Å². The van der Waals surface area contributed by atoms with E-state index >= 15 is 0 Å². The van der Waals surface area contributed by atoms with Gasteiger partial charge in [-0.15, -0.1) is 12.3 Å². The Balaban J connectivity index is 2.62. The number of aliphatic carboxylic acids is 1. The van der Waals surface area contributed by atoms with Crippen LogP contribution in [-0.4, -0.2) is 41.1 Å². The third-order valence-electron chi connectivity index (χ3n) is 3.68. The molecule has 1 heterocycles. The molecule has 1 rings (SSSR count). The Bertz CT molecular complexity index is 389. The maximum absolute atomic E-state index is 12.1. The molecular weight excluding hydrogens is 244 g/mol. The Morgan fingerprint density at radius 3 is 2.79 bits per heavy atom. The normalized spacial score (nSPS) is 24.4. The number of carboxylic acids is 1. The molecule has 2 atom stereocenters. The second-order valence-corrected chi connectivity index (χ2v) is 5.35. The summed E-state index contributed by atoms with van der Waals surface area (Å²) in [5, 5.41) is 12.1. The summed E-state index contributed by atoms with van der Waals surface area (Å²) < 4.78 is 0. The fourth-order valence-corrected chi connectivity index (χ4v) is 2.29. The molecule has 2 N–H and O–H groups in total. The first kappa shape index (κ1) is 15.4. The molecule has 1 aliphatic heterocycles. The molecule has 0 spiro atoms. The van der Waals surface area contributed by atoms with Crippen LogP contribution in [0.3, 0.4) is 0 Å². The molecular formula is C14H22N2O3. The Morgan fingerprint density at radius 2 is 2.26 bits per heavy atom. The predicted molar refractivity (Wildman–Crippen MR) is 72.6 cm³/mol. The number of carboxylic acid groups (broad SMARTS) is 1. The van der Waals surface area contributed by atoms with E-state index in [1.807, 2.05) is 6.92 Å². The van der Waals surface area contributed by atoms with Gasteiger partial charge in [-0.05, 0) is 26.2 Å². The Hall–Kier alpha value is -1.70. The highest BCUT2D eigenvalue weighted by atomic mass is 16.4. The molecule has 5 nitrogen and oxygen atoms in total. The van der Waals surface area contributed by atoms with Crippen molar-refractivity contribution in [1.82, 2.24) is 10.2 Å². The number of carbonyl (C=O) groups is 2. The summed E-state index contributed by atoms with van der Waals surface area (Å²) in [5.41, 5.74) is -0.844. The van der Waals surface area contributed by atoms with E-state index in [-0.39, 0.29) is 18.6 Å². The highest BCUT2D eigenvalue weighted by molar-refractivity contribution is 5.78. The minimum absolute atomic E-state index is 0.0458. The van der Waals surface area contributed by atoms with Crippen molar-refractivity contribution in [3.8, 4) is 12.3 Å². The van der Waals surface area contributed by atoms with Crippen LogP contribution >= 0.6 is 0 Å². The number of carbonyl (C=O) groups excluding carboxylic acids is 1. The molecule has 19 heavy (non-hydrogen) atoms. The number of piperidine rings is 1. The molecule has 5 heteroatoms. The van der Waals surface area contributed by atoms with Crippen molar-refractivity contribution in [3.05, 3.63) is 0 Å². The van der Waals surface area contributed by atoms with Crippen molar-refractivity contribution >= 4 is 12.0 Å². The summed E-state index contributed by atoms with van der Waals surface area (Å²) in [7, 11) is 0. The average Bonchev–Trinajstić information content (AvgIpc) is 2.38. The maximum Gasteiger partial charge on any atom is 0.317 e. The number of likely N-dealkylation sites (tertiary alicyclic amines) is 1. The summed E-state index contributed by atoms with van der Waals surface area (Å²) in [6.45, 7) is 4.50. The third kappa shape index (κ3) is 3.88. The van der Waals surface area contributed by atoms with Gasteiger partial charge in [0.25, 0.3) is 0 Å². The van der Waals surface area contributed by atoms with Crippen molar-refractivity contribution < 1.29 is 14.7 Å². The molecule has 0 bridgehead atoms. The summed E-state index contributed by atoms with van der Waals surface area (Å²) in [5.74, 6) is 1.69. The monoisotopic (exact) mass is 266 g/mol. The molecule has 106 valence electrons. The first-order valence-corrected chi connectivity index (χ1v) is 6.65. The largest absolute Gasteiger partial charge is 0.481 e. The van der Waals surface area contributed by atoms with Crippen LogP contribution in [0.15, 0.2) is 0 Å². The number of hydrogen-bond donors (Lipinski definition) is 2. The quantitative estimate of drug-likeness (QED) is 0.761. The topological polar surface area (TPSA) is 69.6 Å². The minimum atomic E-state index is -0.847. The van der Waals surface area contributed by atoms with Crippen molar-refractivity contribution in [2.75, 3.05) is 13.1 Å². The lowest BCUT2D eigenvalue weighted by Gasteiger charge is -2.38. The molecule has 0 aliphatic carbocycles. The lowest BCUT2D eigenvalue weighted by molar-refractivity contribution is -0.150. The SMILES string of the molecule is C#CCC(CC)NC(=O)N1CCCC(C)(C(=O)O)C1. The molecule has 0 aromatic heterocycles. The van der Waals surface area contributed by atoms with Gasteiger partial charge in [0.05, 0.1) is 5.41 Å². The van der Waals surface area contributed by atoms with E-state index in [1.165, 1.54) is 0 Å². The number of urea groups is 1. The van der Waals surface area contributed by atoms with Gasteiger partial charge in [0.1, 0.15) is 0 Å². The highest BCUT2D eigenvalue weighted by Gasteiger charge is 2.39. The van der Waals surface area contributed by atoms with Crippen molar-refractivity contribution in [2.45, 2.75) is 45.6 Å². The number of terminal acetylenes is 1. The standard InChI is InChI=1S/C14H22N2O3/c1-4-7-11(5-2)15-13(19)16-9-6-8-14(3,10-16)12(17)18/h1,11H,5-10H2,2-3H3,(H,15,19)(H,17,18). The van der Waals surface area contributed by atoms with Crippen molar-refractivity contribution in [3.63, 3.8) is 0 Å². The summed E-state index contributed by atoms with van der Waals surface area (Å²) >= 11 is 0. The number of amides is 2. The van der Waals surface area contributed by atoms with E-state index in [0.717, 1.165) is 6.42 Å². The Kier molecular flexibility index (Phi) is 5.22. The van der Waals surface area contributed by atoms with E-state index in [2.05, 4.69) is 11.2 Å². The van der Waals surface area contributed by atoms with Crippen LogP contribution in [0, 0.1) is 17.8 Å². The predicted octanol–water partition coefficient (Wildman–Crippen LogP) is 1.68. The van der Waals surface area contributed by atoms with Crippen LogP contribution in [0.25, 0.3) is 0 Å². The maximum atomic E-state index is 12.1. The second kappa shape index (κ2) is 6.46. The van der Waals surface area contributed by atoms with Crippen LogP contribution in [0.4, 0.5) is 4.79 Å². The fourth-order valence-electron chi connectivity index (χ4n) is 2.29. The molecule has 2 amide bonds. The smallest absolute Gasteiger partial charge is 0.317 e. The van der Waals surface area contributed by atoms with E-state index < -0.39 is 11.4 Å². The molecule has 1 aliphatic rings. The van der Waals surface area contributed by atoms with Crippen LogP contribution in [0.2, 0.25) is 0 Å². The van der Waals surface area contributed by atoms with Crippen LogP contribution in [0.1, 0.15) is 39.5 Å². The molecule has 0 aromatic carbocycles. The zero-order valence-electron chi connectivity index (χ0n) is 11.6. The second-order valence-electron chi connectivity index (χ2n) is 5.35. The van der Waals surface area contributed by atoms with E-state index in [1.54, 1.807) is 11.8 Å². The summed E-state index contributed by atoms with van der Waals surface area (Å²) in [6, 6.07) is -0.259. The van der Waals surface area contributed by atoms with Crippen molar-refractivity contribution in [1.29, 1.82) is 0 Å². The van der Waals surface area contributed by atoms with Gasteiger partial charge in [0.15, 0.2) is 0 Å². The number of hydrogen-bond acceptors (Lipinski definition) is 2. The first-order chi connectivity index (χ1) is 8.92. The summed E-state index contributed by atoms with van der Waals surface area (Å²) in [4.78, 5) is 24.9. The van der Waals surface area contributed by atoms with Gasteiger partial charge in [-0.2, -0.15) is 0 Å². The third-order valence-corrected chi connectivity index (χ3v) is 3.68.